The van der Waals surface area contributed by atoms with Crippen molar-refractivity contribution in [3.05, 3.63) is 94.7 Å². The third-order valence-corrected chi connectivity index (χ3v) is 6.05. The number of quaternary nitrogens is 1. The number of rotatable bonds is 7. The van der Waals surface area contributed by atoms with Gasteiger partial charge in [0, 0.05) is 0 Å². The molecule has 0 saturated heterocycles. The highest BCUT2D eigenvalue weighted by Gasteiger charge is 2.20. The van der Waals surface area contributed by atoms with E-state index in [1.807, 2.05) is 6.07 Å². The molecule has 3 aromatic carbocycles. The van der Waals surface area contributed by atoms with Gasteiger partial charge >= 0.3 is 0 Å². The van der Waals surface area contributed by atoms with Crippen LogP contribution in [0.1, 0.15) is 29.5 Å². The molecule has 0 amide bonds. The van der Waals surface area contributed by atoms with E-state index in [4.69, 9.17) is 4.74 Å². The van der Waals surface area contributed by atoms with Crippen molar-refractivity contribution in [1.82, 2.24) is 0 Å². The summed E-state index contributed by atoms with van der Waals surface area (Å²) < 4.78 is 5.89. The Hall–Kier alpha value is -2.62. The van der Waals surface area contributed by atoms with E-state index in [2.05, 4.69) is 66.7 Å². The van der Waals surface area contributed by atoms with Gasteiger partial charge < -0.3 is 14.6 Å². The fourth-order valence-corrected chi connectivity index (χ4v) is 4.23. The standard InChI is InChI=1S/C27H31NO2/c1-28(2,29)17-16-21-8-13-26-19-27(15-14-25(26)18-21)30-20-22-9-11-24(12-10-22)23-6-4-3-5-7-23/h3-7,9-12,14-15,19,21H,8,13,16-18,20H2,1-2H3. The highest BCUT2D eigenvalue weighted by molar-refractivity contribution is 5.63. The lowest BCUT2D eigenvalue weighted by Gasteiger charge is -2.36. The van der Waals surface area contributed by atoms with Crippen LogP contribution in [0.3, 0.4) is 0 Å². The molecule has 1 aliphatic rings. The summed E-state index contributed by atoms with van der Waals surface area (Å²) in [5.41, 5.74) is 6.45. The number of hydroxylamine groups is 3. The van der Waals surface area contributed by atoms with E-state index in [0.717, 1.165) is 31.4 Å². The Balaban J connectivity index is 1.33. The zero-order chi connectivity index (χ0) is 21.0. The van der Waals surface area contributed by atoms with Gasteiger partial charge in [-0.05, 0) is 71.6 Å². The van der Waals surface area contributed by atoms with Crippen molar-refractivity contribution < 1.29 is 9.38 Å². The zero-order valence-electron chi connectivity index (χ0n) is 18.0. The van der Waals surface area contributed by atoms with Crippen molar-refractivity contribution >= 4 is 0 Å². The Morgan fingerprint density at radius 2 is 1.63 bits per heavy atom. The van der Waals surface area contributed by atoms with E-state index in [-0.39, 0.29) is 4.65 Å². The van der Waals surface area contributed by atoms with Gasteiger partial charge in [0.05, 0.1) is 20.6 Å². The maximum Gasteiger partial charge on any atom is 0.120 e. The number of fused-ring (bicyclic) bond motifs is 1. The van der Waals surface area contributed by atoms with Gasteiger partial charge in [0.2, 0.25) is 0 Å². The molecule has 0 spiro atoms. The molecule has 0 aromatic heterocycles. The molecule has 1 unspecified atom stereocenters. The number of nitrogens with zero attached hydrogens (tertiary/aromatic N) is 1. The van der Waals surface area contributed by atoms with Crippen LogP contribution in [0.15, 0.2) is 72.8 Å². The Morgan fingerprint density at radius 1 is 0.900 bits per heavy atom. The molecule has 1 aliphatic carbocycles. The zero-order valence-corrected chi connectivity index (χ0v) is 18.0. The molecule has 0 fully saturated rings. The third-order valence-electron chi connectivity index (χ3n) is 6.05. The monoisotopic (exact) mass is 401 g/mol. The molecule has 3 nitrogen and oxygen atoms in total. The lowest BCUT2D eigenvalue weighted by molar-refractivity contribution is -0.840. The van der Waals surface area contributed by atoms with Gasteiger partial charge in [0.25, 0.3) is 0 Å². The van der Waals surface area contributed by atoms with Gasteiger partial charge in [-0.3, -0.25) is 0 Å². The second-order valence-electron chi connectivity index (χ2n) is 8.98. The van der Waals surface area contributed by atoms with Crippen LogP contribution in [0, 0.1) is 11.1 Å². The maximum absolute atomic E-state index is 11.8. The van der Waals surface area contributed by atoms with Crippen LogP contribution >= 0.6 is 0 Å². The van der Waals surface area contributed by atoms with Crippen LogP contribution in [0.5, 0.6) is 5.75 Å². The molecule has 3 aromatic rings. The number of benzene rings is 3. The predicted octanol–water partition coefficient (Wildman–Crippen LogP) is 6.00. The number of aryl methyl sites for hydroxylation is 1. The van der Waals surface area contributed by atoms with E-state index in [1.165, 1.54) is 27.8 Å². The molecular weight excluding hydrogens is 370 g/mol. The molecule has 0 N–H and O–H groups in total. The first kappa shape index (κ1) is 20.6. The van der Waals surface area contributed by atoms with Crippen LogP contribution in [0.25, 0.3) is 11.1 Å². The minimum Gasteiger partial charge on any atom is -0.633 e. The molecule has 0 aliphatic heterocycles. The van der Waals surface area contributed by atoms with Crippen LogP contribution < -0.4 is 4.74 Å². The molecule has 156 valence electrons. The van der Waals surface area contributed by atoms with E-state index >= 15 is 0 Å². The van der Waals surface area contributed by atoms with Crippen molar-refractivity contribution in [2.45, 2.75) is 32.3 Å². The number of hydrogen-bond acceptors (Lipinski definition) is 2. The molecule has 1 atom stereocenters. The molecule has 0 heterocycles. The summed E-state index contributed by atoms with van der Waals surface area (Å²) in [7, 11) is 3.46. The Kier molecular flexibility index (Phi) is 6.21. The fourth-order valence-electron chi connectivity index (χ4n) is 4.23. The molecule has 4 rings (SSSR count). The van der Waals surface area contributed by atoms with Gasteiger partial charge in [0.15, 0.2) is 0 Å². The highest BCUT2D eigenvalue weighted by atomic mass is 16.5. The van der Waals surface area contributed by atoms with Gasteiger partial charge in [-0.2, -0.15) is 0 Å². The van der Waals surface area contributed by atoms with Crippen molar-refractivity contribution in [3.63, 3.8) is 0 Å². The second kappa shape index (κ2) is 9.03. The summed E-state index contributed by atoms with van der Waals surface area (Å²) in [6.45, 7) is 1.28. The largest absolute Gasteiger partial charge is 0.633 e. The lowest BCUT2D eigenvalue weighted by atomic mass is 9.82. The van der Waals surface area contributed by atoms with E-state index in [0.29, 0.717) is 19.1 Å². The van der Waals surface area contributed by atoms with Crippen molar-refractivity contribution in [2.75, 3.05) is 20.6 Å². The van der Waals surface area contributed by atoms with Crippen LogP contribution in [-0.4, -0.2) is 25.3 Å². The van der Waals surface area contributed by atoms with E-state index in [1.54, 1.807) is 14.1 Å². The number of hydrogen-bond donors (Lipinski definition) is 0. The van der Waals surface area contributed by atoms with Crippen molar-refractivity contribution in [2.24, 2.45) is 5.92 Å². The normalized spacial score (nSPS) is 16.2. The van der Waals surface area contributed by atoms with Crippen LogP contribution in [-0.2, 0) is 19.4 Å². The molecule has 0 saturated carbocycles. The van der Waals surface area contributed by atoms with E-state index in [9.17, 15) is 5.21 Å². The topological polar surface area (TPSA) is 32.3 Å². The Bertz CT molecular complexity index is 958. The summed E-state index contributed by atoms with van der Waals surface area (Å²) >= 11 is 0. The maximum atomic E-state index is 11.8. The first-order chi connectivity index (χ1) is 14.5. The molecular formula is C27H31NO2. The van der Waals surface area contributed by atoms with Crippen molar-refractivity contribution in [1.29, 1.82) is 0 Å². The van der Waals surface area contributed by atoms with Gasteiger partial charge in [-0.1, -0.05) is 60.7 Å². The van der Waals surface area contributed by atoms with Gasteiger partial charge in [-0.15, -0.1) is 0 Å². The first-order valence-electron chi connectivity index (χ1n) is 10.9. The fraction of sp³-hybridized carbons (Fsp3) is 0.333. The highest BCUT2D eigenvalue weighted by Crippen LogP contribution is 2.31. The Labute approximate surface area is 180 Å². The van der Waals surface area contributed by atoms with Gasteiger partial charge in [0.1, 0.15) is 12.4 Å². The number of ether oxygens (including phenoxy) is 1. The average Bonchev–Trinajstić information content (AvgIpc) is 2.76. The Morgan fingerprint density at radius 3 is 2.37 bits per heavy atom. The summed E-state index contributed by atoms with van der Waals surface area (Å²) in [6.07, 6.45) is 4.33. The molecule has 30 heavy (non-hydrogen) atoms. The summed E-state index contributed by atoms with van der Waals surface area (Å²) in [5, 5.41) is 11.8. The summed E-state index contributed by atoms with van der Waals surface area (Å²) in [5.74, 6) is 1.57. The summed E-state index contributed by atoms with van der Waals surface area (Å²) in [4.78, 5) is 0. The molecule has 3 heteroatoms. The van der Waals surface area contributed by atoms with E-state index < -0.39 is 0 Å². The first-order valence-corrected chi connectivity index (χ1v) is 10.9. The summed E-state index contributed by atoms with van der Waals surface area (Å²) in [6, 6.07) is 25.5. The van der Waals surface area contributed by atoms with Crippen molar-refractivity contribution in [3.8, 4) is 16.9 Å². The smallest absolute Gasteiger partial charge is 0.120 e. The molecule has 0 bridgehead atoms. The second-order valence-corrected chi connectivity index (χ2v) is 8.98. The minimum atomic E-state index is -0.192. The quantitative estimate of drug-likeness (QED) is 0.359. The predicted molar refractivity (Wildman–Crippen MR) is 123 cm³/mol. The van der Waals surface area contributed by atoms with Crippen LogP contribution in [0.2, 0.25) is 0 Å². The third kappa shape index (κ3) is 5.50. The molecule has 0 radical (unpaired) electrons. The van der Waals surface area contributed by atoms with Crippen LogP contribution in [0.4, 0.5) is 0 Å². The van der Waals surface area contributed by atoms with Gasteiger partial charge in [-0.25, -0.2) is 0 Å². The average molecular weight is 402 g/mol. The minimum absolute atomic E-state index is 0.192. The SMILES string of the molecule is C[N+](C)([O-])CCC1CCc2cc(OCc3ccc(-c4ccccc4)cc3)ccc2C1. The lowest BCUT2D eigenvalue weighted by Crippen LogP contribution is -2.34.